The molecular formula is C23H31ClN2O6. The number of benzene rings is 2. The van der Waals surface area contributed by atoms with Gasteiger partial charge in [0.1, 0.15) is 0 Å². The molecule has 9 heteroatoms. The third-order valence-corrected chi connectivity index (χ3v) is 4.37. The lowest BCUT2D eigenvalue weighted by Gasteiger charge is -2.13. The van der Waals surface area contributed by atoms with E-state index in [2.05, 4.69) is 5.32 Å². The highest BCUT2D eigenvalue weighted by Crippen LogP contribution is 2.38. The van der Waals surface area contributed by atoms with Gasteiger partial charge in [-0.1, -0.05) is 18.2 Å². The van der Waals surface area contributed by atoms with E-state index < -0.39 is 6.09 Å². The van der Waals surface area contributed by atoms with Gasteiger partial charge in [-0.25, -0.2) is 4.79 Å². The number of rotatable bonds is 10. The van der Waals surface area contributed by atoms with Crippen molar-refractivity contribution in [3.8, 4) is 28.7 Å². The molecule has 0 radical (unpaired) electrons. The Kier molecular flexibility index (Phi) is 11.2. The van der Waals surface area contributed by atoms with E-state index in [1.807, 2.05) is 49.3 Å². The molecule has 0 bridgehead atoms. The molecule has 2 aromatic rings. The Bertz CT molecular complexity index is 892. The SMILES string of the molecule is COc1ccc(/C=C\c2cc(OC)c(OC)c(OC)c2)cc1OC(=O)NCCN(C)C.Cl. The Hall–Kier alpha value is -3.10. The molecule has 0 aliphatic heterocycles. The van der Waals surface area contributed by atoms with Gasteiger partial charge >= 0.3 is 6.09 Å². The van der Waals surface area contributed by atoms with Crippen LogP contribution in [-0.2, 0) is 0 Å². The molecule has 0 aromatic heterocycles. The summed E-state index contributed by atoms with van der Waals surface area (Å²) in [6.45, 7) is 1.19. The first-order chi connectivity index (χ1) is 14.9. The molecule has 1 N–H and O–H groups in total. The molecule has 0 saturated heterocycles. The molecule has 8 nitrogen and oxygen atoms in total. The van der Waals surface area contributed by atoms with Gasteiger partial charge in [0, 0.05) is 13.1 Å². The fraction of sp³-hybridized carbons (Fsp3) is 0.348. The smallest absolute Gasteiger partial charge is 0.412 e. The molecule has 0 saturated carbocycles. The molecule has 0 unspecified atom stereocenters. The predicted molar refractivity (Wildman–Crippen MR) is 128 cm³/mol. The van der Waals surface area contributed by atoms with Crippen molar-refractivity contribution in [1.29, 1.82) is 0 Å². The maximum atomic E-state index is 12.1. The Morgan fingerprint density at radius 3 is 1.94 bits per heavy atom. The molecule has 0 spiro atoms. The van der Waals surface area contributed by atoms with Crippen molar-refractivity contribution in [1.82, 2.24) is 10.2 Å². The third kappa shape index (κ3) is 7.55. The maximum Gasteiger partial charge on any atom is 0.412 e. The third-order valence-electron chi connectivity index (χ3n) is 4.37. The van der Waals surface area contributed by atoms with Crippen LogP contribution in [-0.4, -0.2) is 66.6 Å². The lowest BCUT2D eigenvalue weighted by atomic mass is 10.1. The number of likely N-dealkylation sites (N-methyl/N-ethyl adjacent to an activating group) is 1. The zero-order valence-electron chi connectivity index (χ0n) is 19.3. The highest BCUT2D eigenvalue weighted by molar-refractivity contribution is 5.85. The van der Waals surface area contributed by atoms with Gasteiger partial charge < -0.3 is 33.9 Å². The molecule has 1 amide bonds. The van der Waals surface area contributed by atoms with Crippen molar-refractivity contribution in [3.05, 3.63) is 41.5 Å². The molecular weight excluding hydrogens is 436 g/mol. The van der Waals surface area contributed by atoms with E-state index in [0.29, 0.717) is 41.8 Å². The number of ether oxygens (including phenoxy) is 5. The topological polar surface area (TPSA) is 78.5 Å². The summed E-state index contributed by atoms with van der Waals surface area (Å²) in [5.74, 6) is 2.46. The number of hydrogen-bond acceptors (Lipinski definition) is 7. The van der Waals surface area contributed by atoms with Gasteiger partial charge in [0.15, 0.2) is 23.0 Å². The molecule has 0 fully saturated rings. The summed E-state index contributed by atoms with van der Waals surface area (Å²) < 4.78 is 26.9. The molecule has 0 aliphatic carbocycles. The average Bonchev–Trinajstić information content (AvgIpc) is 2.76. The number of carbonyl (C=O) groups is 1. The summed E-state index contributed by atoms with van der Waals surface area (Å²) in [5.41, 5.74) is 1.68. The van der Waals surface area contributed by atoms with Crippen molar-refractivity contribution in [2.45, 2.75) is 0 Å². The zero-order chi connectivity index (χ0) is 22.8. The van der Waals surface area contributed by atoms with E-state index in [1.165, 1.54) is 7.11 Å². The van der Waals surface area contributed by atoms with Crippen molar-refractivity contribution in [2.75, 3.05) is 55.6 Å². The summed E-state index contributed by atoms with van der Waals surface area (Å²) in [6, 6.07) is 9.04. The lowest BCUT2D eigenvalue weighted by Crippen LogP contribution is -2.33. The van der Waals surface area contributed by atoms with Crippen LogP contribution in [0.4, 0.5) is 4.79 Å². The van der Waals surface area contributed by atoms with Crippen LogP contribution in [0.5, 0.6) is 28.7 Å². The molecule has 0 heterocycles. The van der Waals surface area contributed by atoms with Crippen LogP contribution in [0.3, 0.4) is 0 Å². The first kappa shape index (κ1) is 26.9. The fourth-order valence-corrected chi connectivity index (χ4v) is 2.78. The van der Waals surface area contributed by atoms with Crippen molar-refractivity contribution >= 4 is 30.7 Å². The normalized spacial score (nSPS) is 10.5. The second-order valence-electron chi connectivity index (χ2n) is 6.82. The first-order valence-corrected chi connectivity index (χ1v) is 9.68. The molecule has 2 rings (SSSR count). The van der Waals surface area contributed by atoms with E-state index in [-0.39, 0.29) is 12.4 Å². The molecule has 2 aromatic carbocycles. The minimum atomic E-state index is -0.536. The van der Waals surface area contributed by atoms with Crippen molar-refractivity contribution < 1.29 is 28.5 Å². The van der Waals surface area contributed by atoms with Crippen LogP contribution in [0.2, 0.25) is 0 Å². The van der Waals surface area contributed by atoms with Crippen LogP contribution in [0.15, 0.2) is 30.3 Å². The van der Waals surface area contributed by atoms with Gasteiger partial charge in [-0.05, 0) is 49.5 Å². The highest BCUT2D eigenvalue weighted by Gasteiger charge is 2.13. The quantitative estimate of drug-likeness (QED) is 0.531. The van der Waals surface area contributed by atoms with Crippen molar-refractivity contribution in [2.24, 2.45) is 0 Å². The standard InChI is InChI=1S/C23H30N2O6.ClH/c1-25(2)12-11-24-23(26)31-19-13-16(9-10-18(19)27-3)7-8-17-14-20(28-4)22(30-6)21(15-17)29-5;/h7-10,13-15H,11-12H2,1-6H3,(H,24,26);1H/b8-7-;. The summed E-state index contributed by atoms with van der Waals surface area (Å²) in [5, 5.41) is 2.71. The average molecular weight is 467 g/mol. The van der Waals surface area contributed by atoms with Gasteiger partial charge in [0.25, 0.3) is 0 Å². The number of carbonyl (C=O) groups excluding carboxylic acids is 1. The zero-order valence-corrected chi connectivity index (χ0v) is 20.1. The van der Waals surface area contributed by atoms with Gasteiger partial charge in [0.05, 0.1) is 28.4 Å². The van der Waals surface area contributed by atoms with E-state index in [0.717, 1.165) is 11.1 Å². The van der Waals surface area contributed by atoms with Crippen LogP contribution in [0, 0.1) is 0 Å². The van der Waals surface area contributed by atoms with Crippen LogP contribution in [0.25, 0.3) is 12.2 Å². The van der Waals surface area contributed by atoms with Gasteiger partial charge in [0.2, 0.25) is 5.75 Å². The maximum absolute atomic E-state index is 12.1. The Balaban J connectivity index is 0.00000512. The summed E-state index contributed by atoms with van der Waals surface area (Å²) in [4.78, 5) is 14.1. The summed E-state index contributed by atoms with van der Waals surface area (Å²) in [6.07, 6.45) is 3.25. The minimum absolute atomic E-state index is 0. The predicted octanol–water partition coefficient (Wildman–Crippen LogP) is 3.96. The van der Waals surface area contributed by atoms with E-state index >= 15 is 0 Å². The number of halogens is 1. The van der Waals surface area contributed by atoms with E-state index in [1.54, 1.807) is 33.5 Å². The molecule has 176 valence electrons. The highest BCUT2D eigenvalue weighted by atomic mass is 35.5. The molecule has 0 aliphatic rings. The van der Waals surface area contributed by atoms with Crippen molar-refractivity contribution in [3.63, 3.8) is 0 Å². The van der Waals surface area contributed by atoms with Crippen LogP contribution < -0.4 is 29.0 Å². The number of methoxy groups -OCH3 is 4. The van der Waals surface area contributed by atoms with Gasteiger partial charge in [-0.3, -0.25) is 0 Å². The number of nitrogens with one attached hydrogen (secondary N) is 1. The number of amides is 1. The number of hydrogen-bond donors (Lipinski definition) is 1. The summed E-state index contributed by atoms with van der Waals surface area (Å²) >= 11 is 0. The van der Waals surface area contributed by atoms with E-state index in [4.69, 9.17) is 23.7 Å². The summed E-state index contributed by atoms with van der Waals surface area (Å²) in [7, 11) is 10.1. The van der Waals surface area contributed by atoms with E-state index in [9.17, 15) is 4.79 Å². The second-order valence-corrected chi connectivity index (χ2v) is 6.82. The Labute approximate surface area is 195 Å². The molecule has 0 atom stereocenters. The minimum Gasteiger partial charge on any atom is -0.493 e. The fourth-order valence-electron chi connectivity index (χ4n) is 2.78. The van der Waals surface area contributed by atoms with Crippen LogP contribution >= 0.6 is 12.4 Å². The van der Waals surface area contributed by atoms with Gasteiger partial charge in [-0.2, -0.15) is 0 Å². The largest absolute Gasteiger partial charge is 0.493 e. The van der Waals surface area contributed by atoms with Gasteiger partial charge in [-0.15, -0.1) is 12.4 Å². The van der Waals surface area contributed by atoms with Crippen LogP contribution in [0.1, 0.15) is 11.1 Å². The second kappa shape index (κ2) is 13.3. The first-order valence-electron chi connectivity index (χ1n) is 9.68. The lowest BCUT2D eigenvalue weighted by molar-refractivity contribution is 0.197. The Morgan fingerprint density at radius 1 is 0.844 bits per heavy atom. The monoisotopic (exact) mass is 466 g/mol. The Morgan fingerprint density at radius 2 is 1.41 bits per heavy atom. The number of nitrogens with zero attached hydrogens (tertiary/aromatic N) is 1. The molecule has 32 heavy (non-hydrogen) atoms.